The summed E-state index contributed by atoms with van der Waals surface area (Å²) >= 11 is 0. The molecule has 216 valence electrons. The van der Waals surface area contributed by atoms with E-state index < -0.39 is 60.7 Å². The van der Waals surface area contributed by atoms with E-state index in [1.165, 1.54) is 11.0 Å². The standard InChI is InChI=1S/C25H34N2O12/c1-14(28)35-19-20(36-15(2)29)22(37-16(3)30)24(39-21(19)23(31)33-6)38-18-10-8-7-9-17(18)13-34-25(32)27(5)12-11-26-4/h7-10,19-22,24,26H,11-13H2,1-6H3/t19-,20-,21-,22+,24+/m0/s1. The van der Waals surface area contributed by atoms with Gasteiger partial charge in [-0.1, -0.05) is 18.2 Å². The van der Waals surface area contributed by atoms with Crippen LogP contribution in [0.15, 0.2) is 24.3 Å². The molecule has 1 amide bonds. The summed E-state index contributed by atoms with van der Waals surface area (Å²) in [4.78, 5) is 62.1. The second-order valence-electron chi connectivity index (χ2n) is 8.48. The van der Waals surface area contributed by atoms with Crippen LogP contribution < -0.4 is 10.1 Å². The van der Waals surface area contributed by atoms with Crippen LogP contribution >= 0.6 is 0 Å². The van der Waals surface area contributed by atoms with Crippen molar-refractivity contribution in [2.75, 3.05) is 34.3 Å². The average molecular weight is 555 g/mol. The monoisotopic (exact) mass is 554 g/mol. The van der Waals surface area contributed by atoms with Crippen molar-refractivity contribution < 1.29 is 57.1 Å². The summed E-state index contributed by atoms with van der Waals surface area (Å²) in [5.41, 5.74) is 0.416. The number of para-hydroxylation sites is 1. The van der Waals surface area contributed by atoms with E-state index in [-0.39, 0.29) is 12.4 Å². The van der Waals surface area contributed by atoms with Crippen molar-refractivity contribution in [1.82, 2.24) is 10.2 Å². The topological polar surface area (TPSA) is 165 Å². The maximum absolute atomic E-state index is 12.6. The number of carbonyl (C=O) groups is 5. The Morgan fingerprint density at radius 2 is 1.51 bits per heavy atom. The number of hydrogen-bond acceptors (Lipinski definition) is 13. The molecule has 14 heteroatoms. The molecule has 1 aliphatic rings. The summed E-state index contributed by atoms with van der Waals surface area (Å²) in [5, 5.41) is 2.93. The molecule has 39 heavy (non-hydrogen) atoms. The van der Waals surface area contributed by atoms with Crippen LogP contribution in [-0.2, 0) is 54.2 Å². The summed E-state index contributed by atoms with van der Waals surface area (Å²) in [6, 6.07) is 6.48. The van der Waals surface area contributed by atoms with E-state index in [9.17, 15) is 24.0 Å². The van der Waals surface area contributed by atoms with Crippen molar-refractivity contribution in [1.29, 1.82) is 0 Å². The fourth-order valence-corrected chi connectivity index (χ4v) is 3.66. The van der Waals surface area contributed by atoms with Crippen molar-refractivity contribution in [3.8, 4) is 5.75 Å². The largest absolute Gasteiger partial charge is 0.467 e. The summed E-state index contributed by atoms with van der Waals surface area (Å²) in [7, 11) is 4.43. The molecule has 1 N–H and O–H groups in total. The number of nitrogens with one attached hydrogen (secondary N) is 1. The number of rotatable bonds is 11. The van der Waals surface area contributed by atoms with Crippen molar-refractivity contribution in [2.45, 2.75) is 58.1 Å². The smallest absolute Gasteiger partial charge is 0.409 e. The first kappa shape index (κ1) is 31.3. The van der Waals surface area contributed by atoms with Crippen LogP contribution in [0.4, 0.5) is 4.79 Å². The molecule has 0 bridgehead atoms. The van der Waals surface area contributed by atoms with Gasteiger partial charge in [0.1, 0.15) is 12.4 Å². The SMILES string of the molecule is CNCCN(C)C(=O)OCc1ccccc1O[C@@H]1O[C@H](C(=O)OC)[C@@H](OC(C)=O)[C@H](OC(C)=O)[C@H]1OC(C)=O. The number of benzene rings is 1. The van der Waals surface area contributed by atoms with Crippen molar-refractivity contribution in [3.63, 3.8) is 0 Å². The Kier molecular flexibility index (Phi) is 11.9. The lowest BCUT2D eigenvalue weighted by Gasteiger charge is -2.43. The second-order valence-corrected chi connectivity index (χ2v) is 8.48. The zero-order valence-electron chi connectivity index (χ0n) is 22.7. The van der Waals surface area contributed by atoms with E-state index >= 15 is 0 Å². The highest BCUT2D eigenvalue weighted by Crippen LogP contribution is 2.32. The first-order chi connectivity index (χ1) is 18.5. The lowest BCUT2D eigenvalue weighted by molar-refractivity contribution is -0.282. The van der Waals surface area contributed by atoms with E-state index in [0.717, 1.165) is 27.9 Å². The fraction of sp³-hybridized carbons (Fsp3) is 0.560. The maximum atomic E-state index is 12.6. The van der Waals surface area contributed by atoms with Gasteiger partial charge in [0.25, 0.3) is 0 Å². The molecule has 1 aliphatic heterocycles. The quantitative estimate of drug-likeness (QED) is 0.298. The van der Waals surface area contributed by atoms with Gasteiger partial charge in [0.15, 0.2) is 18.3 Å². The first-order valence-electron chi connectivity index (χ1n) is 12.0. The Morgan fingerprint density at radius 3 is 2.10 bits per heavy atom. The minimum Gasteiger partial charge on any atom is -0.467 e. The van der Waals surface area contributed by atoms with E-state index in [1.807, 2.05) is 0 Å². The third-order valence-corrected chi connectivity index (χ3v) is 5.41. The van der Waals surface area contributed by atoms with Gasteiger partial charge < -0.3 is 43.4 Å². The van der Waals surface area contributed by atoms with Crippen LogP contribution in [0.1, 0.15) is 26.3 Å². The number of amides is 1. The van der Waals surface area contributed by atoms with E-state index in [1.54, 1.807) is 32.3 Å². The van der Waals surface area contributed by atoms with Crippen LogP contribution in [0.3, 0.4) is 0 Å². The number of likely N-dealkylation sites (N-methyl/N-ethyl adjacent to an activating group) is 2. The van der Waals surface area contributed by atoms with Gasteiger partial charge in [-0.25, -0.2) is 9.59 Å². The zero-order chi connectivity index (χ0) is 29.1. The molecule has 0 spiro atoms. The van der Waals surface area contributed by atoms with Gasteiger partial charge in [-0.2, -0.15) is 0 Å². The molecule has 5 atom stereocenters. The highest BCUT2D eigenvalue weighted by atomic mass is 16.7. The Morgan fingerprint density at radius 1 is 0.923 bits per heavy atom. The molecular formula is C25H34N2O12. The molecule has 14 nitrogen and oxygen atoms in total. The van der Waals surface area contributed by atoms with Crippen LogP contribution in [-0.4, -0.2) is 99.9 Å². The van der Waals surface area contributed by atoms with E-state index in [2.05, 4.69) is 5.32 Å². The Bertz CT molecular complexity index is 1030. The molecule has 0 unspecified atom stereocenters. The summed E-state index contributed by atoms with van der Waals surface area (Å²) < 4.78 is 37.9. The van der Waals surface area contributed by atoms with Gasteiger partial charge in [-0.05, 0) is 13.1 Å². The minimum absolute atomic E-state index is 0.154. The van der Waals surface area contributed by atoms with Crippen molar-refractivity contribution in [3.05, 3.63) is 29.8 Å². The van der Waals surface area contributed by atoms with Gasteiger partial charge >= 0.3 is 30.0 Å². The van der Waals surface area contributed by atoms with Gasteiger partial charge in [0, 0.05) is 46.5 Å². The number of esters is 4. The molecule has 1 saturated heterocycles. The normalized spacial score (nSPS) is 22.2. The highest BCUT2D eigenvalue weighted by molar-refractivity contribution is 5.77. The highest BCUT2D eigenvalue weighted by Gasteiger charge is 2.55. The number of nitrogens with zero attached hydrogens (tertiary/aromatic N) is 1. The molecule has 1 fully saturated rings. The molecule has 1 heterocycles. The van der Waals surface area contributed by atoms with Gasteiger partial charge in [-0.15, -0.1) is 0 Å². The van der Waals surface area contributed by atoms with Gasteiger partial charge in [0.2, 0.25) is 12.4 Å². The number of ether oxygens (including phenoxy) is 7. The summed E-state index contributed by atoms with van der Waals surface area (Å²) in [6.07, 6.45) is -8.21. The maximum Gasteiger partial charge on any atom is 0.409 e. The Hall–Kier alpha value is -3.91. The number of methoxy groups -OCH3 is 1. The summed E-state index contributed by atoms with van der Waals surface area (Å²) in [6.45, 7) is 4.08. The molecule has 0 radical (unpaired) electrons. The van der Waals surface area contributed by atoms with Crippen molar-refractivity contribution >= 4 is 30.0 Å². The van der Waals surface area contributed by atoms with Gasteiger partial charge in [0.05, 0.1) is 7.11 Å². The minimum atomic E-state index is -1.61. The molecule has 1 aromatic rings. The predicted octanol–water partition coefficient (Wildman–Crippen LogP) is 0.546. The van der Waals surface area contributed by atoms with E-state index in [0.29, 0.717) is 18.7 Å². The van der Waals surface area contributed by atoms with E-state index in [4.69, 9.17) is 33.2 Å². The third kappa shape index (κ3) is 9.11. The van der Waals surface area contributed by atoms with Crippen LogP contribution in [0.25, 0.3) is 0 Å². The third-order valence-electron chi connectivity index (χ3n) is 5.41. The van der Waals surface area contributed by atoms with Gasteiger partial charge in [-0.3, -0.25) is 14.4 Å². The zero-order valence-corrected chi connectivity index (χ0v) is 22.7. The molecule has 0 aromatic heterocycles. The molecule has 2 rings (SSSR count). The average Bonchev–Trinajstić information content (AvgIpc) is 2.88. The summed E-state index contributed by atoms with van der Waals surface area (Å²) in [5.74, 6) is -3.23. The molecule has 0 saturated carbocycles. The van der Waals surface area contributed by atoms with Crippen LogP contribution in [0, 0.1) is 0 Å². The number of hydrogen-bond donors (Lipinski definition) is 1. The molecular weight excluding hydrogens is 520 g/mol. The number of carbonyl (C=O) groups excluding carboxylic acids is 5. The lowest BCUT2D eigenvalue weighted by atomic mass is 9.97. The Balaban J connectivity index is 2.40. The molecule has 0 aliphatic carbocycles. The second kappa shape index (κ2) is 14.9. The first-order valence-corrected chi connectivity index (χ1v) is 12.0. The van der Waals surface area contributed by atoms with Crippen LogP contribution in [0.5, 0.6) is 5.75 Å². The van der Waals surface area contributed by atoms with Crippen molar-refractivity contribution in [2.24, 2.45) is 0 Å². The lowest BCUT2D eigenvalue weighted by Crippen LogP contribution is -2.64. The predicted molar refractivity (Wildman–Crippen MR) is 131 cm³/mol. The Labute approximate surface area is 225 Å². The molecule has 1 aromatic carbocycles. The van der Waals surface area contributed by atoms with Crippen LogP contribution in [0.2, 0.25) is 0 Å². The fourth-order valence-electron chi connectivity index (χ4n) is 3.66.